The predicted octanol–water partition coefficient (Wildman–Crippen LogP) is 6.44. The van der Waals surface area contributed by atoms with Crippen molar-refractivity contribution in [1.29, 1.82) is 0 Å². The Kier molecular flexibility index (Phi) is 8.62. The molecule has 5 aromatic rings. The summed E-state index contributed by atoms with van der Waals surface area (Å²) in [6.07, 6.45) is 1.86. The van der Waals surface area contributed by atoms with Crippen molar-refractivity contribution >= 4 is 29.1 Å². The summed E-state index contributed by atoms with van der Waals surface area (Å²) in [5, 5.41) is 0. The Morgan fingerprint density at radius 3 is 2.20 bits per heavy atom. The van der Waals surface area contributed by atoms with Crippen LogP contribution < -0.4 is 19.6 Å². The lowest BCUT2D eigenvalue weighted by atomic mass is 9.93. The maximum Gasteiger partial charge on any atom is 0.338 e. The minimum atomic E-state index is -0.691. The molecule has 7 heteroatoms. The lowest BCUT2D eigenvalue weighted by Gasteiger charge is -2.25. The normalized spacial score (nSPS) is 14.6. The van der Waals surface area contributed by atoms with Crippen molar-refractivity contribution in [2.45, 2.75) is 40.3 Å². The van der Waals surface area contributed by atoms with Crippen LogP contribution in [-0.4, -0.2) is 17.1 Å². The molecule has 4 aromatic carbocycles. The van der Waals surface area contributed by atoms with Gasteiger partial charge in [0.05, 0.1) is 28.5 Å². The van der Waals surface area contributed by atoms with Gasteiger partial charge in [0.1, 0.15) is 12.4 Å². The summed E-state index contributed by atoms with van der Waals surface area (Å²) in [7, 11) is 0. The van der Waals surface area contributed by atoms with Crippen LogP contribution in [0.15, 0.2) is 112 Å². The highest BCUT2D eigenvalue weighted by molar-refractivity contribution is 7.07. The summed E-state index contributed by atoms with van der Waals surface area (Å²) in [5.41, 5.74) is 7.95. The van der Waals surface area contributed by atoms with Gasteiger partial charge in [0.2, 0.25) is 0 Å². The largest absolute Gasteiger partial charge is 0.489 e. The molecular formula is C38H34N2O4S. The van der Waals surface area contributed by atoms with Crippen molar-refractivity contribution in [1.82, 2.24) is 4.57 Å². The maximum absolute atomic E-state index is 14.1. The number of aromatic nitrogens is 1. The first-order chi connectivity index (χ1) is 21.8. The van der Waals surface area contributed by atoms with Crippen LogP contribution in [-0.2, 0) is 16.1 Å². The van der Waals surface area contributed by atoms with Crippen LogP contribution in [0.5, 0.6) is 5.75 Å². The molecule has 1 aliphatic rings. The van der Waals surface area contributed by atoms with Gasteiger partial charge in [-0.2, -0.15) is 0 Å². The molecule has 6 rings (SSSR count). The van der Waals surface area contributed by atoms with Crippen molar-refractivity contribution in [3.05, 3.63) is 161 Å². The number of rotatable bonds is 8. The number of fused-ring (bicyclic) bond motifs is 1. The molecule has 0 saturated heterocycles. The monoisotopic (exact) mass is 614 g/mol. The van der Waals surface area contributed by atoms with Crippen LogP contribution in [0.4, 0.5) is 0 Å². The molecule has 1 aliphatic heterocycles. The minimum Gasteiger partial charge on any atom is -0.489 e. The minimum absolute atomic E-state index is 0.209. The van der Waals surface area contributed by atoms with E-state index in [0.29, 0.717) is 27.2 Å². The molecule has 6 nitrogen and oxygen atoms in total. The summed E-state index contributed by atoms with van der Waals surface area (Å²) in [6.45, 7) is 8.79. The molecular weight excluding hydrogens is 580 g/mol. The van der Waals surface area contributed by atoms with E-state index in [0.717, 1.165) is 22.4 Å². The first-order valence-electron chi connectivity index (χ1n) is 15.0. The van der Waals surface area contributed by atoms with Gasteiger partial charge in [0.15, 0.2) is 4.80 Å². The van der Waals surface area contributed by atoms with Crippen LogP contribution in [0.3, 0.4) is 0 Å². The van der Waals surface area contributed by atoms with Crippen molar-refractivity contribution in [3.63, 3.8) is 0 Å². The first-order valence-corrected chi connectivity index (χ1v) is 15.8. The third kappa shape index (κ3) is 6.17. The highest BCUT2D eigenvalue weighted by Crippen LogP contribution is 2.35. The quantitative estimate of drug-likeness (QED) is 0.189. The average Bonchev–Trinajstić information content (AvgIpc) is 3.35. The second-order valence-corrected chi connectivity index (χ2v) is 12.1. The summed E-state index contributed by atoms with van der Waals surface area (Å²) in [6, 6.07) is 30.5. The van der Waals surface area contributed by atoms with Gasteiger partial charge in [-0.15, -0.1) is 0 Å². The van der Waals surface area contributed by atoms with Gasteiger partial charge in [-0.05, 0) is 73.7 Å². The highest BCUT2D eigenvalue weighted by Gasteiger charge is 2.35. The Balaban J connectivity index is 1.40. The second kappa shape index (κ2) is 12.9. The first kappa shape index (κ1) is 30.0. The van der Waals surface area contributed by atoms with Gasteiger partial charge in [-0.3, -0.25) is 9.36 Å². The molecule has 0 amide bonds. The lowest BCUT2D eigenvalue weighted by molar-refractivity contribution is -0.138. The van der Waals surface area contributed by atoms with Gasteiger partial charge in [-0.25, -0.2) is 9.79 Å². The van der Waals surface area contributed by atoms with Crippen LogP contribution in [0.2, 0.25) is 0 Å². The smallest absolute Gasteiger partial charge is 0.338 e. The molecule has 45 heavy (non-hydrogen) atoms. The Morgan fingerprint density at radius 1 is 0.911 bits per heavy atom. The molecule has 0 saturated carbocycles. The Labute approximate surface area is 266 Å². The fraction of sp³-hybridized carbons (Fsp3) is 0.184. The molecule has 1 atom stereocenters. The number of ether oxygens (including phenoxy) is 2. The van der Waals surface area contributed by atoms with E-state index >= 15 is 0 Å². The molecule has 0 fully saturated rings. The SMILES string of the molecule is CCOC(=O)C1=C(c2ccccc2)N=c2s/c(=C\c3ccc(OCc4c(C)cc(C)cc4C)cc3)c(=O)n2[C@@H]1c1ccccc1. The van der Waals surface area contributed by atoms with E-state index in [1.165, 1.54) is 33.6 Å². The second-order valence-electron chi connectivity index (χ2n) is 11.1. The van der Waals surface area contributed by atoms with Crippen LogP contribution in [0.1, 0.15) is 51.9 Å². The molecule has 1 aromatic heterocycles. The molecule has 0 unspecified atom stereocenters. The molecule has 0 aliphatic carbocycles. The van der Waals surface area contributed by atoms with Crippen LogP contribution in [0, 0.1) is 20.8 Å². The Hall–Kier alpha value is -5.01. The zero-order chi connectivity index (χ0) is 31.5. The average molecular weight is 615 g/mol. The van der Waals surface area contributed by atoms with E-state index in [2.05, 4.69) is 32.9 Å². The number of hydrogen-bond acceptors (Lipinski definition) is 6. The van der Waals surface area contributed by atoms with E-state index in [-0.39, 0.29) is 12.2 Å². The standard InChI is InChI=1S/C38H34N2O4S/c1-5-43-37(42)33-34(28-12-8-6-9-13-28)39-38-40(35(33)29-14-10-7-11-15-29)36(41)32(45-38)22-27-16-18-30(19-17-27)44-23-31-25(3)20-24(2)21-26(31)4/h6-22,35H,5,23H2,1-4H3/b32-22-/t35-/m1/s1. The highest BCUT2D eigenvalue weighted by atomic mass is 32.1. The Bertz CT molecular complexity index is 2050. The number of nitrogens with zero attached hydrogens (tertiary/aromatic N) is 2. The van der Waals surface area contributed by atoms with Crippen LogP contribution >= 0.6 is 11.3 Å². The molecule has 0 spiro atoms. The van der Waals surface area contributed by atoms with Crippen molar-refractivity contribution in [3.8, 4) is 5.75 Å². The number of carbonyl (C=O) groups is 1. The van der Waals surface area contributed by atoms with E-state index in [4.69, 9.17) is 14.5 Å². The summed E-state index contributed by atoms with van der Waals surface area (Å²) in [5.74, 6) is 0.262. The van der Waals surface area contributed by atoms with Gasteiger partial charge >= 0.3 is 5.97 Å². The lowest BCUT2D eigenvalue weighted by Crippen LogP contribution is -2.39. The fourth-order valence-electron chi connectivity index (χ4n) is 5.80. The molecule has 0 N–H and O–H groups in total. The Morgan fingerprint density at radius 2 is 1.56 bits per heavy atom. The number of hydrogen-bond donors (Lipinski definition) is 0. The summed E-state index contributed by atoms with van der Waals surface area (Å²) >= 11 is 1.31. The fourth-order valence-corrected chi connectivity index (χ4v) is 6.80. The molecule has 226 valence electrons. The zero-order valence-corrected chi connectivity index (χ0v) is 26.6. The zero-order valence-electron chi connectivity index (χ0n) is 25.7. The summed E-state index contributed by atoms with van der Waals surface area (Å²) < 4.78 is 13.8. The van der Waals surface area contributed by atoms with Crippen molar-refractivity contribution in [2.24, 2.45) is 4.99 Å². The number of aryl methyl sites for hydroxylation is 3. The van der Waals surface area contributed by atoms with Gasteiger partial charge in [-0.1, -0.05) is 102 Å². The van der Waals surface area contributed by atoms with Gasteiger partial charge in [0.25, 0.3) is 5.56 Å². The van der Waals surface area contributed by atoms with Crippen molar-refractivity contribution in [2.75, 3.05) is 6.61 Å². The number of benzene rings is 4. The molecule has 0 radical (unpaired) electrons. The number of carbonyl (C=O) groups excluding carboxylic acids is 1. The van der Waals surface area contributed by atoms with E-state index < -0.39 is 12.0 Å². The molecule has 0 bridgehead atoms. The predicted molar refractivity (Wildman–Crippen MR) is 179 cm³/mol. The third-order valence-corrected chi connectivity index (χ3v) is 8.87. The third-order valence-electron chi connectivity index (χ3n) is 7.89. The molecule has 2 heterocycles. The van der Waals surface area contributed by atoms with Gasteiger partial charge in [0, 0.05) is 5.56 Å². The topological polar surface area (TPSA) is 69.9 Å². The van der Waals surface area contributed by atoms with E-state index in [1.54, 1.807) is 11.5 Å². The number of esters is 1. The van der Waals surface area contributed by atoms with E-state index in [9.17, 15) is 9.59 Å². The summed E-state index contributed by atoms with van der Waals surface area (Å²) in [4.78, 5) is 33.0. The van der Waals surface area contributed by atoms with Gasteiger partial charge < -0.3 is 9.47 Å². The van der Waals surface area contributed by atoms with E-state index in [1.807, 2.05) is 91.0 Å². The van der Waals surface area contributed by atoms with Crippen molar-refractivity contribution < 1.29 is 14.3 Å². The number of thiazole rings is 1. The van der Waals surface area contributed by atoms with Crippen LogP contribution in [0.25, 0.3) is 11.8 Å². The maximum atomic E-state index is 14.1.